The van der Waals surface area contributed by atoms with Crippen molar-refractivity contribution < 1.29 is 13.5 Å². The first-order valence-corrected chi connectivity index (χ1v) is 7.80. The van der Waals surface area contributed by atoms with Crippen LogP contribution in [-0.2, 0) is 13.2 Å². The lowest BCUT2D eigenvalue weighted by Crippen LogP contribution is -2.08. The number of halogens is 4. The maximum absolute atomic E-state index is 13.2. The third kappa shape index (κ3) is 4.04. The van der Waals surface area contributed by atoms with Gasteiger partial charge in [0.2, 0.25) is 0 Å². The molecule has 0 spiro atoms. The Balaban J connectivity index is 1.72. The first-order chi connectivity index (χ1) is 11.5. The Morgan fingerprint density at radius 3 is 2.46 bits per heavy atom. The van der Waals surface area contributed by atoms with Gasteiger partial charge in [0, 0.05) is 35.1 Å². The van der Waals surface area contributed by atoms with Crippen molar-refractivity contribution in [3.05, 3.63) is 81.9 Å². The molecule has 3 aromatic rings. The fourth-order valence-electron chi connectivity index (χ4n) is 2.24. The Morgan fingerprint density at radius 2 is 1.75 bits per heavy atom. The normalized spacial score (nSPS) is 10.8. The number of hydrogen-bond donors (Lipinski definition) is 0. The fourth-order valence-corrected chi connectivity index (χ4v) is 2.81. The molecule has 7 heteroatoms. The molecule has 0 radical (unpaired) electrons. The number of imidazole rings is 1. The molecule has 1 heterocycles. The molecule has 0 aliphatic rings. The van der Waals surface area contributed by atoms with Crippen LogP contribution in [0.4, 0.5) is 8.78 Å². The van der Waals surface area contributed by atoms with E-state index in [2.05, 4.69) is 4.98 Å². The highest BCUT2D eigenvalue weighted by Gasteiger charge is 2.08. The number of benzene rings is 2. The van der Waals surface area contributed by atoms with Gasteiger partial charge < -0.3 is 9.30 Å². The molecule has 0 atom stereocenters. The smallest absolute Gasteiger partial charge is 0.162 e. The molecule has 124 valence electrons. The second kappa shape index (κ2) is 7.20. The van der Waals surface area contributed by atoms with Crippen molar-refractivity contribution in [2.24, 2.45) is 0 Å². The lowest BCUT2D eigenvalue weighted by Gasteiger charge is -2.10. The summed E-state index contributed by atoms with van der Waals surface area (Å²) < 4.78 is 33.4. The van der Waals surface area contributed by atoms with Crippen LogP contribution in [0.3, 0.4) is 0 Å². The average Bonchev–Trinajstić information content (AvgIpc) is 2.94. The lowest BCUT2D eigenvalue weighted by molar-refractivity contribution is 0.288. The molecule has 1 aromatic heterocycles. The van der Waals surface area contributed by atoms with E-state index in [4.69, 9.17) is 27.9 Å². The molecular formula is C17H12Cl2F2N2O. The predicted molar refractivity (Wildman–Crippen MR) is 88.5 cm³/mol. The third-order valence-electron chi connectivity index (χ3n) is 3.34. The highest BCUT2D eigenvalue weighted by atomic mass is 35.5. The molecule has 24 heavy (non-hydrogen) atoms. The number of rotatable bonds is 5. The number of ether oxygens (including phenoxy) is 1. The van der Waals surface area contributed by atoms with Crippen molar-refractivity contribution in [1.29, 1.82) is 0 Å². The van der Waals surface area contributed by atoms with Crippen LogP contribution >= 0.6 is 23.2 Å². The molecule has 0 aliphatic carbocycles. The molecular weight excluding hydrogens is 357 g/mol. The van der Waals surface area contributed by atoms with E-state index < -0.39 is 11.6 Å². The minimum atomic E-state index is -0.954. The van der Waals surface area contributed by atoms with Gasteiger partial charge in [0.25, 0.3) is 0 Å². The first-order valence-electron chi connectivity index (χ1n) is 7.04. The number of nitrogens with zero attached hydrogens (tertiary/aromatic N) is 2. The van der Waals surface area contributed by atoms with Crippen molar-refractivity contribution in [2.75, 3.05) is 0 Å². The van der Waals surface area contributed by atoms with Gasteiger partial charge in [-0.05, 0) is 35.9 Å². The van der Waals surface area contributed by atoms with Gasteiger partial charge in [-0.2, -0.15) is 0 Å². The van der Waals surface area contributed by atoms with Crippen LogP contribution in [0.2, 0.25) is 10.0 Å². The van der Waals surface area contributed by atoms with E-state index in [1.165, 1.54) is 6.07 Å². The summed E-state index contributed by atoms with van der Waals surface area (Å²) in [5, 5.41) is 1.11. The largest absolute Gasteiger partial charge is 0.486 e. The molecule has 0 aliphatic heterocycles. The van der Waals surface area contributed by atoms with Gasteiger partial charge >= 0.3 is 0 Å². The summed E-state index contributed by atoms with van der Waals surface area (Å²) in [7, 11) is 0. The van der Waals surface area contributed by atoms with Crippen LogP contribution in [0.5, 0.6) is 5.75 Å². The standard InChI is InChI=1S/C17H12Cl2F2N2O/c18-12-5-11(6-13(19)7-12)9-23-4-3-22-17(23)10-24-14-1-2-15(20)16(21)8-14/h1-8H,9-10H2. The Labute approximate surface area is 147 Å². The highest BCUT2D eigenvalue weighted by Crippen LogP contribution is 2.21. The molecule has 0 amide bonds. The Morgan fingerprint density at radius 1 is 1.00 bits per heavy atom. The zero-order valence-corrected chi connectivity index (χ0v) is 13.9. The molecule has 0 bridgehead atoms. The average molecular weight is 369 g/mol. The summed E-state index contributed by atoms with van der Waals surface area (Å²) >= 11 is 12.0. The van der Waals surface area contributed by atoms with E-state index in [0.717, 1.165) is 17.7 Å². The number of aromatic nitrogens is 2. The minimum absolute atomic E-state index is 0.117. The van der Waals surface area contributed by atoms with Crippen LogP contribution in [0.1, 0.15) is 11.4 Å². The van der Waals surface area contributed by atoms with Crippen LogP contribution in [0.15, 0.2) is 48.8 Å². The van der Waals surface area contributed by atoms with Crippen molar-refractivity contribution in [3.63, 3.8) is 0 Å². The second-order valence-electron chi connectivity index (χ2n) is 5.11. The van der Waals surface area contributed by atoms with E-state index in [-0.39, 0.29) is 12.4 Å². The van der Waals surface area contributed by atoms with Gasteiger partial charge in [-0.15, -0.1) is 0 Å². The lowest BCUT2D eigenvalue weighted by atomic mass is 10.2. The summed E-state index contributed by atoms with van der Waals surface area (Å²) in [6, 6.07) is 8.67. The SMILES string of the molecule is Fc1ccc(OCc2nccn2Cc2cc(Cl)cc(Cl)c2)cc1F. The summed E-state index contributed by atoms with van der Waals surface area (Å²) in [6.45, 7) is 0.628. The maximum Gasteiger partial charge on any atom is 0.162 e. The molecule has 0 saturated heterocycles. The molecule has 3 rings (SSSR count). The highest BCUT2D eigenvalue weighted by molar-refractivity contribution is 6.34. The second-order valence-corrected chi connectivity index (χ2v) is 5.99. The first kappa shape index (κ1) is 16.7. The molecule has 0 N–H and O–H groups in total. The molecule has 2 aromatic carbocycles. The van der Waals surface area contributed by atoms with E-state index in [0.29, 0.717) is 22.4 Å². The molecule has 3 nitrogen and oxygen atoms in total. The van der Waals surface area contributed by atoms with Crippen molar-refractivity contribution in [2.45, 2.75) is 13.2 Å². The molecule has 0 fully saturated rings. The van der Waals surface area contributed by atoms with Gasteiger partial charge in [-0.1, -0.05) is 23.2 Å². The third-order valence-corrected chi connectivity index (χ3v) is 3.77. The van der Waals surface area contributed by atoms with E-state index in [1.54, 1.807) is 18.5 Å². The Hall–Kier alpha value is -2.11. The van der Waals surface area contributed by atoms with E-state index in [9.17, 15) is 8.78 Å². The van der Waals surface area contributed by atoms with E-state index >= 15 is 0 Å². The van der Waals surface area contributed by atoms with Gasteiger partial charge in [0.05, 0.1) is 0 Å². The topological polar surface area (TPSA) is 27.1 Å². The Bertz CT molecular complexity index is 847. The van der Waals surface area contributed by atoms with Crippen molar-refractivity contribution in [1.82, 2.24) is 9.55 Å². The van der Waals surface area contributed by atoms with Crippen LogP contribution in [-0.4, -0.2) is 9.55 Å². The summed E-state index contributed by atoms with van der Waals surface area (Å²) in [5.74, 6) is -1.00. The van der Waals surface area contributed by atoms with Gasteiger partial charge in [-0.3, -0.25) is 0 Å². The summed E-state index contributed by atoms with van der Waals surface area (Å²) in [6.07, 6.45) is 3.43. The van der Waals surface area contributed by atoms with Crippen molar-refractivity contribution >= 4 is 23.2 Å². The quantitative estimate of drug-likeness (QED) is 0.626. The zero-order chi connectivity index (χ0) is 17.1. The van der Waals surface area contributed by atoms with Gasteiger partial charge in [0.15, 0.2) is 11.6 Å². The Kier molecular flexibility index (Phi) is 5.02. The summed E-state index contributed by atoms with van der Waals surface area (Å²) in [5.41, 5.74) is 0.916. The molecule has 0 unspecified atom stereocenters. The van der Waals surface area contributed by atoms with Crippen LogP contribution in [0, 0.1) is 11.6 Å². The molecule has 0 saturated carbocycles. The zero-order valence-electron chi connectivity index (χ0n) is 12.3. The van der Waals surface area contributed by atoms with Crippen molar-refractivity contribution in [3.8, 4) is 5.75 Å². The van der Waals surface area contributed by atoms with Gasteiger partial charge in [-0.25, -0.2) is 13.8 Å². The monoisotopic (exact) mass is 368 g/mol. The summed E-state index contributed by atoms with van der Waals surface area (Å²) in [4.78, 5) is 4.22. The predicted octanol–water partition coefficient (Wildman–Crippen LogP) is 5.10. The maximum atomic E-state index is 13.2. The van der Waals surface area contributed by atoms with Gasteiger partial charge in [0.1, 0.15) is 18.2 Å². The van der Waals surface area contributed by atoms with Crippen LogP contribution in [0.25, 0.3) is 0 Å². The van der Waals surface area contributed by atoms with E-state index in [1.807, 2.05) is 16.7 Å². The number of hydrogen-bond acceptors (Lipinski definition) is 2. The van der Waals surface area contributed by atoms with Crippen LogP contribution < -0.4 is 4.74 Å². The minimum Gasteiger partial charge on any atom is -0.486 e. The fraction of sp³-hybridized carbons (Fsp3) is 0.118.